The molecular weight excluding hydrogens is 370 g/mol. The molecule has 146 valence electrons. The summed E-state index contributed by atoms with van der Waals surface area (Å²) in [6.07, 6.45) is 0. The molecule has 0 heterocycles. The summed E-state index contributed by atoms with van der Waals surface area (Å²) in [5.41, 5.74) is 0.510. The van der Waals surface area contributed by atoms with Crippen LogP contribution in [0.3, 0.4) is 0 Å². The first kappa shape index (κ1) is 20.3. The van der Waals surface area contributed by atoms with Gasteiger partial charge in [-0.25, -0.2) is 8.78 Å². The van der Waals surface area contributed by atoms with Crippen molar-refractivity contribution >= 4 is 5.91 Å². The minimum atomic E-state index is -3.02. The molecule has 1 amide bonds. The third-order valence-corrected chi connectivity index (χ3v) is 3.53. The third-order valence-electron chi connectivity index (χ3n) is 3.53. The molecule has 0 spiro atoms. The molecule has 0 fully saturated rings. The van der Waals surface area contributed by atoms with Crippen LogP contribution >= 0.6 is 0 Å². The number of carbonyl (C=O) groups is 1. The van der Waals surface area contributed by atoms with E-state index in [9.17, 15) is 22.4 Å². The molecule has 0 saturated heterocycles. The lowest BCUT2D eigenvalue weighted by Gasteiger charge is -2.19. The van der Waals surface area contributed by atoms with Gasteiger partial charge >= 0.3 is 6.61 Å². The number of hydrogen-bond acceptors (Lipinski definition) is 4. The SMILES string of the molecule is COc1ccc(CN(C)C(=O)COc2ccc(F)cc2F)cc1OC(F)F. The lowest BCUT2D eigenvalue weighted by atomic mass is 10.2. The van der Waals surface area contributed by atoms with E-state index in [1.807, 2.05) is 0 Å². The maximum absolute atomic E-state index is 13.5. The second-order valence-corrected chi connectivity index (χ2v) is 5.48. The molecule has 0 aliphatic heterocycles. The van der Waals surface area contributed by atoms with Gasteiger partial charge in [0.25, 0.3) is 5.91 Å². The molecular formula is C18H17F4NO4. The Balaban J connectivity index is 1.99. The van der Waals surface area contributed by atoms with E-state index in [2.05, 4.69) is 4.74 Å². The lowest BCUT2D eigenvalue weighted by Crippen LogP contribution is -2.31. The van der Waals surface area contributed by atoms with Crippen molar-refractivity contribution in [3.8, 4) is 17.2 Å². The van der Waals surface area contributed by atoms with Crippen molar-refractivity contribution in [3.05, 3.63) is 53.6 Å². The smallest absolute Gasteiger partial charge is 0.387 e. The van der Waals surface area contributed by atoms with Crippen molar-refractivity contribution in [2.45, 2.75) is 13.2 Å². The number of carbonyl (C=O) groups excluding carboxylic acids is 1. The summed E-state index contributed by atoms with van der Waals surface area (Å²) in [7, 11) is 2.78. The number of nitrogens with zero attached hydrogens (tertiary/aromatic N) is 1. The minimum absolute atomic E-state index is 0.0671. The molecule has 2 aromatic rings. The summed E-state index contributed by atoms with van der Waals surface area (Å²) < 4.78 is 65.6. The number of halogens is 4. The molecule has 2 rings (SSSR count). The third kappa shape index (κ3) is 5.77. The zero-order chi connectivity index (χ0) is 20.0. The van der Waals surface area contributed by atoms with Crippen LogP contribution in [0.1, 0.15) is 5.56 Å². The van der Waals surface area contributed by atoms with Crippen molar-refractivity contribution < 1.29 is 36.6 Å². The molecule has 0 aliphatic carbocycles. The van der Waals surface area contributed by atoms with Crippen LogP contribution in [0.5, 0.6) is 17.2 Å². The quantitative estimate of drug-likeness (QED) is 0.650. The standard InChI is InChI=1S/C18H17F4NO4/c1-23(17(24)10-26-14-6-4-12(19)8-13(14)20)9-11-3-5-15(25-2)16(7-11)27-18(21)22/h3-8,18H,9-10H2,1-2H3. The van der Waals surface area contributed by atoms with Crippen molar-refractivity contribution in [1.82, 2.24) is 4.90 Å². The van der Waals surface area contributed by atoms with E-state index in [1.54, 1.807) is 6.07 Å². The van der Waals surface area contributed by atoms with Gasteiger partial charge in [0.1, 0.15) is 5.82 Å². The normalized spacial score (nSPS) is 10.6. The first-order valence-corrected chi connectivity index (χ1v) is 7.73. The van der Waals surface area contributed by atoms with Gasteiger partial charge < -0.3 is 19.1 Å². The number of likely N-dealkylation sites (N-methyl/N-ethyl adjacent to an activating group) is 1. The van der Waals surface area contributed by atoms with Crippen LogP contribution in [-0.4, -0.2) is 38.2 Å². The number of amides is 1. The molecule has 0 bridgehead atoms. The second-order valence-electron chi connectivity index (χ2n) is 5.48. The minimum Gasteiger partial charge on any atom is -0.493 e. The second kappa shape index (κ2) is 9.11. The number of hydrogen-bond donors (Lipinski definition) is 0. The Kier molecular flexibility index (Phi) is 6.86. The summed E-state index contributed by atoms with van der Waals surface area (Å²) in [5, 5.41) is 0. The van der Waals surface area contributed by atoms with Crippen LogP contribution in [0, 0.1) is 11.6 Å². The highest BCUT2D eigenvalue weighted by molar-refractivity contribution is 5.77. The van der Waals surface area contributed by atoms with Gasteiger partial charge in [0.2, 0.25) is 0 Å². The predicted molar refractivity (Wildman–Crippen MR) is 88.0 cm³/mol. The number of methoxy groups -OCH3 is 1. The van der Waals surface area contributed by atoms with Crippen LogP contribution in [-0.2, 0) is 11.3 Å². The molecule has 0 atom stereocenters. The van der Waals surface area contributed by atoms with Crippen molar-refractivity contribution in [2.24, 2.45) is 0 Å². The molecule has 0 radical (unpaired) electrons. The van der Waals surface area contributed by atoms with Gasteiger partial charge in [0.15, 0.2) is 29.7 Å². The van der Waals surface area contributed by atoms with Crippen molar-refractivity contribution in [1.29, 1.82) is 0 Å². The average Bonchev–Trinajstić information content (AvgIpc) is 2.60. The van der Waals surface area contributed by atoms with E-state index in [0.717, 1.165) is 12.1 Å². The van der Waals surface area contributed by atoms with E-state index in [-0.39, 0.29) is 23.8 Å². The van der Waals surface area contributed by atoms with E-state index in [1.165, 1.54) is 31.2 Å². The Morgan fingerprint density at radius 1 is 1.07 bits per heavy atom. The van der Waals surface area contributed by atoms with Gasteiger partial charge in [-0.1, -0.05) is 6.07 Å². The molecule has 0 unspecified atom stereocenters. The Morgan fingerprint density at radius 3 is 2.41 bits per heavy atom. The molecule has 27 heavy (non-hydrogen) atoms. The van der Waals surface area contributed by atoms with Gasteiger partial charge in [-0.2, -0.15) is 8.78 Å². The fourth-order valence-corrected chi connectivity index (χ4v) is 2.21. The monoisotopic (exact) mass is 387 g/mol. The molecule has 2 aromatic carbocycles. The first-order chi connectivity index (χ1) is 12.8. The van der Waals surface area contributed by atoms with Crippen LogP contribution < -0.4 is 14.2 Å². The zero-order valence-corrected chi connectivity index (χ0v) is 14.5. The fraction of sp³-hybridized carbons (Fsp3) is 0.278. The first-order valence-electron chi connectivity index (χ1n) is 7.73. The molecule has 0 saturated carbocycles. The number of rotatable bonds is 8. The summed E-state index contributed by atoms with van der Waals surface area (Å²) in [5.74, 6) is -2.46. The number of ether oxygens (including phenoxy) is 3. The van der Waals surface area contributed by atoms with Gasteiger partial charge in [-0.05, 0) is 29.8 Å². The van der Waals surface area contributed by atoms with Gasteiger partial charge in [0, 0.05) is 19.7 Å². The van der Waals surface area contributed by atoms with E-state index < -0.39 is 30.8 Å². The zero-order valence-electron chi connectivity index (χ0n) is 14.5. The van der Waals surface area contributed by atoms with Crippen LogP contribution in [0.15, 0.2) is 36.4 Å². The Hall–Kier alpha value is -2.97. The highest BCUT2D eigenvalue weighted by atomic mass is 19.3. The summed E-state index contributed by atoms with van der Waals surface area (Å²) in [6.45, 7) is -3.43. The Morgan fingerprint density at radius 2 is 1.78 bits per heavy atom. The largest absolute Gasteiger partial charge is 0.493 e. The summed E-state index contributed by atoms with van der Waals surface area (Å²) >= 11 is 0. The Bertz CT molecular complexity index is 801. The van der Waals surface area contributed by atoms with Gasteiger partial charge in [-0.15, -0.1) is 0 Å². The van der Waals surface area contributed by atoms with Crippen molar-refractivity contribution in [2.75, 3.05) is 20.8 Å². The fourth-order valence-electron chi connectivity index (χ4n) is 2.21. The Labute approximate surface area is 153 Å². The van der Waals surface area contributed by atoms with E-state index in [4.69, 9.17) is 9.47 Å². The number of alkyl halides is 2. The molecule has 0 N–H and O–H groups in total. The summed E-state index contributed by atoms with van der Waals surface area (Å²) in [6, 6.07) is 7.09. The van der Waals surface area contributed by atoms with Crippen LogP contribution in [0.4, 0.5) is 17.6 Å². The molecule has 0 aromatic heterocycles. The highest BCUT2D eigenvalue weighted by Gasteiger charge is 2.15. The maximum atomic E-state index is 13.5. The van der Waals surface area contributed by atoms with Crippen molar-refractivity contribution in [3.63, 3.8) is 0 Å². The molecule has 5 nitrogen and oxygen atoms in total. The van der Waals surface area contributed by atoms with Gasteiger partial charge in [0.05, 0.1) is 7.11 Å². The topological polar surface area (TPSA) is 48.0 Å². The molecule has 9 heteroatoms. The highest BCUT2D eigenvalue weighted by Crippen LogP contribution is 2.29. The number of benzene rings is 2. The van der Waals surface area contributed by atoms with Gasteiger partial charge in [-0.3, -0.25) is 4.79 Å². The maximum Gasteiger partial charge on any atom is 0.387 e. The summed E-state index contributed by atoms with van der Waals surface area (Å²) in [4.78, 5) is 13.4. The average molecular weight is 387 g/mol. The predicted octanol–water partition coefficient (Wildman–Crippen LogP) is 3.61. The molecule has 0 aliphatic rings. The van der Waals surface area contributed by atoms with E-state index in [0.29, 0.717) is 11.6 Å². The lowest BCUT2D eigenvalue weighted by molar-refractivity contribution is -0.132. The van der Waals surface area contributed by atoms with Crippen LogP contribution in [0.2, 0.25) is 0 Å². The van der Waals surface area contributed by atoms with E-state index >= 15 is 0 Å². The van der Waals surface area contributed by atoms with Crippen LogP contribution in [0.25, 0.3) is 0 Å².